The molecule has 0 fully saturated rings. The fourth-order valence-corrected chi connectivity index (χ4v) is 2.99. The Hall–Kier alpha value is -1.95. The zero-order chi connectivity index (χ0) is 18.1. The SMILES string of the molecule is CCCN(CC)CCNC(=NC)N(C)Cc1ccc2c(c1)OCCO2. The van der Waals surface area contributed by atoms with E-state index in [1.54, 1.807) is 0 Å². The van der Waals surface area contributed by atoms with Crippen molar-refractivity contribution in [3.63, 3.8) is 0 Å². The third-order valence-electron chi connectivity index (χ3n) is 4.30. The summed E-state index contributed by atoms with van der Waals surface area (Å²) in [6, 6.07) is 6.12. The molecule has 1 aliphatic rings. The number of benzene rings is 1. The number of guanidine groups is 1. The van der Waals surface area contributed by atoms with Gasteiger partial charge in [0, 0.05) is 33.7 Å². The van der Waals surface area contributed by atoms with Crippen LogP contribution < -0.4 is 14.8 Å². The summed E-state index contributed by atoms with van der Waals surface area (Å²) in [6.07, 6.45) is 1.19. The molecule has 0 aliphatic carbocycles. The van der Waals surface area contributed by atoms with Gasteiger partial charge in [0.1, 0.15) is 13.2 Å². The van der Waals surface area contributed by atoms with E-state index in [2.05, 4.69) is 53.1 Å². The van der Waals surface area contributed by atoms with Crippen molar-refractivity contribution in [2.75, 3.05) is 53.5 Å². The van der Waals surface area contributed by atoms with Crippen molar-refractivity contribution >= 4 is 5.96 Å². The number of nitrogens with zero attached hydrogens (tertiary/aromatic N) is 3. The Balaban J connectivity index is 1.86. The van der Waals surface area contributed by atoms with Crippen molar-refractivity contribution in [3.8, 4) is 11.5 Å². The van der Waals surface area contributed by atoms with Gasteiger partial charge in [0.25, 0.3) is 0 Å². The van der Waals surface area contributed by atoms with E-state index in [0.717, 1.165) is 50.2 Å². The summed E-state index contributed by atoms with van der Waals surface area (Å²) in [5.74, 6) is 2.57. The van der Waals surface area contributed by atoms with Crippen LogP contribution in [0.1, 0.15) is 25.8 Å². The Morgan fingerprint density at radius 2 is 1.92 bits per heavy atom. The quantitative estimate of drug-likeness (QED) is 0.576. The van der Waals surface area contributed by atoms with Crippen LogP contribution >= 0.6 is 0 Å². The summed E-state index contributed by atoms with van der Waals surface area (Å²) < 4.78 is 11.2. The lowest BCUT2D eigenvalue weighted by Crippen LogP contribution is -2.42. The second kappa shape index (κ2) is 10.1. The van der Waals surface area contributed by atoms with Crippen LogP contribution in [0.5, 0.6) is 11.5 Å². The van der Waals surface area contributed by atoms with Crippen molar-refractivity contribution in [1.82, 2.24) is 15.1 Å². The first-order chi connectivity index (χ1) is 12.2. The minimum atomic E-state index is 0.612. The van der Waals surface area contributed by atoms with Gasteiger partial charge < -0.3 is 24.6 Å². The highest BCUT2D eigenvalue weighted by atomic mass is 16.6. The molecular formula is C19H32N4O2. The molecular weight excluding hydrogens is 316 g/mol. The summed E-state index contributed by atoms with van der Waals surface area (Å²) in [5, 5.41) is 3.45. The normalized spacial score (nSPS) is 13.9. The highest BCUT2D eigenvalue weighted by Gasteiger charge is 2.13. The van der Waals surface area contributed by atoms with E-state index >= 15 is 0 Å². The van der Waals surface area contributed by atoms with Gasteiger partial charge in [-0.25, -0.2) is 0 Å². The monoisotopic (exact) mass is 348 g/mol. The van der Waals surface area contributed by atoms with Crippen LogP contribution in [-0.4, -0.2) is 69.2 Å². The Labute approximate surface area is 151 Å². The third-order valence-corrected chi connectivity index (χ3v) is 4.30. The lowest BCUT2D eigenvalue weighted by molar-refractivity contribution is 0.171. The van der Waals surface area contributed by atoms with Crippen LogP contribution in [0, 0.1) is 0 Å². The molecule has 6 heteroatoms. The molecule has 0 aromatic heterocycles. The minimum absolute atomic E-state index is 0.612. The van der Waals surface area contributed by atoms with Crippen LogP contribution in [0.4, 0.5) is 0 Å². The zero-order valence-corrected chi connectivity index (χ0v) is 16.0. The lowest BCUT2D eigenvalue weighted by atomic mass is 10.2. The second-order valence-electron chi connectivity index (χ2n) is 6.24. The predicted octanol–water partition coefficient (Wildman–Crippen LogP) is 2.20. The summed E-state index contributed by atoms with van der Waals surface area (Å²) in [6.45, 7) is 10.6. The van der Waals surface area contributed by atoms with Gasteiger partial charge in [0.15, 0.2) is 17.5 Å². The number of ether oxygens (including phenoxy) is 2. The molecule has 0 saturated carbocycles. The van der Waals surface area contributed by atoms with Gasteiger partial charge in [-0.3, -0.25) is 4.99 Å². The van der Waals surface area contributed by atoms with E-state index in [-0.39, 0.29) is 0 Å². The molecule has 1 N–H and O–H groups in total. The van der Waals surface area contributed by atoms with Crippen LogP contribution in [0.25, 0.3) is 0 Å². The summed E-state index contributed by atoms with van der Waals surface area (Å²) in [4.78, 5) is 8.97. The van der Waals surface area contributed by atoms with Crippen LogP contribution in [0.15, 0.2) is 23.2 Å². The highest BCUT2D eigenvalue weighted by molar-refractivity contribution is 5.79. The van der Waals surface area contributed by atoms with E-state index in [9.17, 15) is 0 Å². The lowest BCUT2D eigenvalue weighted by Gasteiger charge is -2.25. The Morgan fingerprint density at radius 3 is 2.60 bits per heavy atom. The molecule has 1 aromatic carbocycles. The Morgan fingerprint density at radius 1 is 1.16 bits per heavy atom. The van der Waals surface area contributed by atoms with Crippen molar-refractivity contribution in [2.45, 2.75) is 26.8 Å². The van der Waals surface area contributed by atoms with E-state index in [1.807, 2.05) is 13.1 Å². The van der Waals surface area contributed by atoms with Gasteiger partial charge in [0.05, 0.1) is 0 Å². The molecule has 0 atom stereocenters. The summed E-state index contributed by atoms with van der Waals surface area (Å²) in [5.41, 5.74) is 1.18. The first-order valence-corrected chi connectivity index (χ1v) is 9.20. The molecule has 1 aliphatic heterocycles. The van der Waals surface area contributed by atoms with Crippen molar-refractivity contribution in [2.24, 2.45) is 4.99 Å². The second-order valence-corrected chi connectivity index (χ2v) is 6.24. The summed E-state index contributed by atoms with van der Waals surface area (Å²) in [7, 11) is 3.88. The van der Waals surface area contributed by atoms with Gasteiger partial charge >= 0.3 is 0 Å². The van der Waals surface area contributed by atoms with Crippen molar-refractivity contribution in [3.05, 3.63) is 23.8 Å². The van der Waals surface area contributed by atoms with Gasteiger partial charge in [-0.15, -0.1) is 0 Å². The van der Waals surface area contributed by atoms with Gasteiger partial charge in [-0.2, -0.15) is 0 Å². The number of nitrogens with one attached hydrogen (secondary N) is 1. The predicted molar refractivity (Wildman–Crippen MR) is 103 cm³/mol. The molecule has 6 nitrogen and oxygen atoms in total. The Bertz CT molecular complexity index is 562. The fourth-order valence-electron chi connectivity index (χ4n) is 2.99. The average molecular weight is 348 g/mol. The van der Waals surface area contributed by atoms with Gasteiger partial charge in [-0.05, 0) is 37.2 Å². The Kier molecular flexibility index (Phi) is 7.85. The summed E-state index contributed by atoms with van der Waals surface area (Å²) >= 11 is 0. The number of hydrogen-bond acceptors (Lipinski definition) is 4. The van der Waals surface area contributed by atoms with Gasteiger partial charge in [-0.1, -0.05) is 19.9 Å². The smallest absolute Gasteiger partial charge is 0.193 e. The van der Waals surface area contributed by atoms with E-state index in [4.69, 9.17) is 9.47 Å². The van der Waals surface area contributed by atoms with E-state index in [0.29, 0.717) is 13.2 Å². The molecule has 0 spiro atoms. The van der Waals surface area contributed by atoms with Gasteiger partial charge in [0.2, 0.25) is 0 Å². The fraction of sp³-hybridized carbons (Fsp3) is 0.632. The number of fused-ring (bicyclic) bond motifs is 1. The number of aliphatic imine (C=N–C) groups is 1. The number of hydrogen-bond donors (Lipinski definition) is 1. The topological polar surface area (TPSA) is 49.3 Å². The molecule has 0 saturated heterocycles. The zero-order valence-electron chi connectivity index (χ0n) is 16.0. The maximum atomic E-state index is 5.66. The highest BCUT2D eigenvalue weighted by Crippen LogP contribution is 2.30. The van der Waals surface area contributed by atoms with E-state index < -0.39 is 0 Å². The maximum Gasteiger partial charge on any atom is 0.193 e. The van der Waals surface area contributed by atoms with Crippen LogP contribution in [0.3, 0.4) is 0 Å². The maximum absolute atomic E-state index is 5.66. The molecule has 0 bridgehead atoms. The standard InChI is InChI=1S/C19H32N4O2/c1-5-10-23(6-2)11-9-21-19(20-3)22(4)15-16-7-8-17-18(14-16)25-13-12-24-17/h7-8,14H,5-6,9-13,15H2,1-4H3,(H,20,21). The molecule has 1 heterocycles. The molecule has 1 aromatic rings. The minimum Gasteiger partial charge on any atom is -0.486 e. The largest absolute Gasteiger partial charge is 0.486 e. The van der Waals surface area contributed by atoms with Crippen molar-refractivity contribution < 1.29 is 9.47 Å². The van der Waals surface area contributed by atoms with Crippen molar-refractivity contribution in [1.29, 1.82) is 0 Å². The number of rotatable bonds is 8. The molecule has 25 heavy (non-hydrogen) atoms. The molecule has 2 rings (SSSR count). The third kappa shape index (κ3) is 5.81. The van der Waals surface area contributed by atoms with Crippen LogP contribution in [0.2, 0.25) is 0 Å². The molecule has 140 valence electrons. The molecule has 0 radical (unpaired) electrons. The van der Waals surface area contributed by atoms with E-state index in [1.165, 1.54) is 12.0 Å². The number of likely N-dealkylation sites (N-methyl/N-ethyl adjacent to an activating group) is 1. The average Bonchev–Trinajstić information content (AvgIpc) is 2.64. The first-order valence-electron chi connectivity index (χ1n) is 9.20. The molecule has 0 amide bonds. The molecule has 0 unspecified atom stereocenters. The first kappa shape index (κ1) is 19.4. The van der Waals surface area contributed by atoms with Crippen LogP contribution in [-0.2, 0) is 6.54 Å².